The predicted octanol–water partition coefficient (Wildman–Crippen LogP) is -3.18. The van der Waals surface area contributed by atoms with Crippen LogP contribution in [0.4, 0.5) is 0 Å². The van der Waals surface area contributed by atoms with Crippen molar-refractivity contribution >= 4 is 17.8 Å². The molecule has 9 N–H and O–H groups in total. The van der Waals surface area contributed by atoms with E-state index in [0.717, 1.165) is 0 Å². The van der Waals surface area contributed by atoms with Gasteiger partial charge in [-0.1, -0.05) is 60.7 Å². The van der Waals surface area contributed by atoms with Gasteiger partial charge in [-0.15, -0.1) is 0 Å². The molecule has 0 aromatic heterocycles. The summed E-state index contributed by atoms with van der Waals surface area (Å²) < 4.78 is 14.3. The van der Waals surface area contributed by atoms with E-state index >= 15 is 0 Å². The average molecular weight is 428 g/mol. The van der Waals surface area contributed by atoms with Crippen LogP contribution in [-0.2, 0) is 4.57 Å². The first-order chi connectivity index (χ1) is 13.2. The van der Waals surface area contributed by atoms with Gasteiger partial charge in [-0.2, -0.15) is 0 Å². The fourth-order valence-corrected chi connectivity index (χ4v) is 6.95. The van der Waals surface area contributed by atoms with Crippen LogP contribution < -0.4 is 10.6 Å². The van der Waals surface area contributed by atoms with Crippen LogP contribution in [0.2, 0.25) is 0 Å². The molecule has 0 aliphatic heterocycles. The Morgan fingerprint density at radius 1 is 0.586 bits per heavy atom. The Kier molecular flexibility index (Phi) is 4.86. The lowest BCUT2D eigenvalue weighted by Crippen LogP contribution is -2.87. The van der Waals surface area contributed by atoms with Gasteiger partial charge in [0.15, 0.2) is 12.5 Å². The predicted molar refractivity (Wildman–Crippen MR) is 98.0 cm³/mol. The third kappa shape index (κ3) is 2.60. The van der Waals surface area contributed by atoms with Crippen molar-refractivity contribution in [2.45, 2.75) is 34.9 Å². The van der Waals surface area contributed by atoms with Crippen LogP contribution in [0.25, 0.3) is 0 Å². The highest BCUT2D eigenvalue weighted by molar-refractivity contribution is 7.80. The second kappa shape index (κ2) is 6.40. The molecule has 29 heavy (non-hydrogen) atoms. The molecule has 0 bridgehead atoms. The highest BCUT2D eigenvalue weighted by Gasteiger charge is 2.84. The van der Waals surface area contributed by atoms with E-state index in [1.807, 2.05) is 0 Å². The van der Waals surface area contributed by atoms with Gasteiger partial charge < -0.3 is 50.5 Å². The largest absolute Gasteiger partial charge is 0.376 e. The van der Waals surface area contributed by atoms with Crippen molar-refractivity contribution in [1.82, 2.24) is 0 Å². The Balaban J connectivity index is 2.41. The van der Waals surface area contributed by atoms with Crippen LogP contribution in [0.3, 0.4) is 0 Å². The van der Waals surface area contributed by atoms with Crippen LogP contribution in [-0.4, -0.2) is 74.4 Å². The maximum atomic E-state index is 14.3. The van der Waals surface area contributed by atoms with Gasteiger partial charge in [0.25, 0.3) is 17.4 Å². The first-order valence-corrected chi connectivity index (χ1v) is 10.1. The minimum Gasteiger partial charge on any atom is -0.376 e. The SMILES string of the molecule is O=P(c1ccccc1)(c1ccccc1)C1(O)CC(O)(O)C(O)(O)C(O)(O)C1(O)O. The van der Waals surface area contributed by atoms with Gasteiger partial charge >= 0.3 is 0 Å². The topological polar surface area (TPSA) is 199 Å². The maximum absolute atomic E-state index is 14.3. The zero-order valence-electron chi connectivity index (χ0n) is 14.9. The minimum atomic E-state index is -4.76. The second-order valence-electron chi connectivity index (χ2n) is 7.11. The molecule has 0 amide bonds. The summed E-state index contributed by atoms with van der Waals surface area (Å²) in [6, 6.07) is 13.7. The summed E-state index contributed by atoms with van der Waals surface area (Å²) in [6.07, 6.45) is -1.73. The minimum absolute atomic E-state index is 0.198. The van der Waals surface area contributed by atoms with Gasteiger partial charge in [0, 0.05) is 17.0 Å². The number of benzene rings is 2. The number of hydrogen-bond acceptors (Lipinski definition) is 10. The lowest BCUT2D eigenvalue weighted by Gasteiger charge is -2.59. The first kappa shape index (κ1) is 22.0. The molecule has 1 atom stereocenters. The third-order valence-electron chi connectivity index (χ3n) is 5.34. The summed E-state index contributed by atoms with van der Waals surface area (Å²) >= 11 is 0. The zero-order chi connectivity index (χ0) is 21.9. The fourth-order valence-electron chi connectivity index (χ4n) is 3.57. The molecule has 2 aromatic carbocycles. The summed E-state index contributed by atoms with van der Waals surface area (Å²) in [4.78, 5) is 0. The molecule has 1 unspecified atom stereocenters. The van der Waals surface area contributed by atoms with Gasteiger partial charge in [-0.3, -0.25) is 0 Å². The average Bonchev–Trinajstić information content (AvgIpc) is 2.66. The molecule has 10 nitrogen and oxygen atoms in total. The Morgan fingerprint density at radius 3 is 1.34 bits per heavy atom. The molecule has 2 aromatic rings. The summed E-state index contributed by atoms with van der Waals surface area (Å²) in [5.74, 6) is -17.1. The normalized spacial score (nSPS) is 27.3. The molecule has 1 aliphatic carbocycles. The van der Waals surface area contributed by atoms with Gasteiger partial charge in [-0.05, 0) is 0 Å². The molecule has 3 rings (SSSR count). The van der Waals surface area contributed by atoms with Crippen LogP contribution in [0.15, 0.2) is 60.7 Å². The monoisotopic (exact) mass is 428 g/mol. The van der Waals surface area contributed by atoms with Crippen molar-refractivity contribution in [3.8, 4) is 0 Å². The molecule has 158 valence electrons. The van der Waals surface area contributed by atoms with Crippen molar-refractivity contribution in [3.63, 3.8) is 0 Å². The molecule has 0 saturated heterocycles. The van der Waals surface area contributed by atoms with Gasteiger partial charge in [0.05, 0.1) is 0 Å². The maximum Gasteiger partial charge on any atom is 0.283 e. The van der Waals surface area contributed by atoms with Crippen molar-refractivity contribution < 1.29 is 50.5 Å². The summed E-state index contributed by atoms with van der Waals surface area (Å²) in [5, 5.41) is 88.5. The molecule has 0 spiro atoms. The Labute approximate surface area is 164 Å². The standard InChI is InChI=1S/C18H21O10P/c19-14(20)11-15(21,17(24,25)18(26,27)16(14,22)23)29(28,12-7-3-1-4-8-12)13-9-5-2-6-10-13/h1-10,19-27H,11H2. The van der Waals surface area contributed by atoms with Crippen LogP contribution in [0, 0.1) is 0 Å². The molecular weight excluding hydrogens is 407 g/mol. The van der Waals surface area contributed by atoms with E-state index in [1.54, 1.807) is 0 Å². The summed E-state index contributed by atoms with van der Waals surface area (Å²) in [7, 11) is -4.76. The quantitative estimate of drug-likeness (QED) is 0.177. The van der Waals surface area contributed by atoms with Crippen LogP contribution in [0.1, 0.15) is 6.42 Å². The lowest BCUT2D eigenvalue weighted by molar-refractivity contribution is -0.545. The van der Waals surface area contributed by atoms with E-state index in [0.29, 0.717) is 0 Å². The van der Waals surface area contributed by atoms with Gasteiger partial charge in [0.1, 0.15) is 0 Å². The van der Waals surface area contributed by atoms with Gasteiger partial charge in [-0.25, -0.2) is 0 Å². The van der Waals surface area contributed by atoms with Crippen molar-refractivity contribution in [2.24, 2.45) is 0 Å². The molecule has 1 fully saturated rings. The zero-order valence-corrected chi connectivity index (χ0v) is 15.8. The summed E-state index contributed by atoms with van der Waals surface area (Å²) in [6.45, 7) is 0. The molecule has 11 heteroatoms. The number of rotatable bonds is 3. The molecule has 1 aliphatic rings. The van der Waals surface area contributed by atoms with Gasteiger partial charge in [0.2, 0.25) is 5.79 Å². The van der Waals surface area contributed by atoms with E-state index in [1.165, 1.54) is 60.7 Å². The highest BCUT2D eigenvalue weighted by atomic mass is 31.2. The van der Waals surface area contributed by atoms with E-state index in [-0.39, 0.29) is 10.6 Å². The fraction of sp³-hybridized carbons (Fsp3) is 0.333. The second-order valence-corrected chi connectivity index (χ2v) is 10.1. The van der Waals surface area contributed by atoms with E-state index in [2.05, 4.69) is 0 Å². The van der Waals surface area contributed by atoms with E-state index in [4.69, 9.17) is 0 Å². The van der Waals surface area contributed by atoms with Crippen LogP contribution >= 0.6 is 7.14 Å². The molecular formula is C18H21O10P. The smallest absolute Gasteiger partial charge is 0.283 e. The Morgan fingerprint density at radius 2 is 0.966 bits per heavy atom. The van der Waals surface area contributed by atoms with Crippen molar-refractivity contribution in [2.75, 3.05) is 0 Å². The number of aliphatic hydroxyl groups is 9. The first-order valence-electron chi connectivity index (χ1n) is 8.39. The molecule has 1 saturated carbocycles. The summed E-state index contributed by atoms with van der Waals surface area (Å²) in [5.41, 5.74) is 0. The van der Waals surface area contributed by atoms with Crippen molar-refractivity contribution in [1.29, 1.82) is 0 Å². The third-order valence-corrected chi connectivity index (χ3v) is 8.90. The Hall–Kier alpha value is -1.69. The lowest BCUT2D eigenvalue weighted by atomic mass is 9.75. The number of hydrogen-bond donors (Lipinski definition) is 9. The van der Waals surface area contributed by atoms with E-state index in [9.17, 15) is 50.5 Å². The molecule has 0 radical (unpaired) electrons. The Bertz CT molecular complexity index is 898. The van der Waals surface area contributed by atoms with Crippen LogP contribution in [0.5, 0.6) is 0 Å². The molecule has 0 heterocycles. The van der Waals surface area contributed by atoms with E-state index < -0.39 is 42.1 Å². The highest BCUT2D eigenvalue weighted by Crippen LogP contribution is 2.66. The van der Waals surface area contributed by atoms with Crippen molar-refractivity contribution in [3.05, 3.63) is 60.7 Å².